The summed E-state index contributed by atoms with van der Waals surface area (Å²) in [7, 11) is 0. The first-order valence-electron chi connectivity index (χ1n) is 8.43. The van der Waals surface area contributed by atoms with E-state index in [0.717, 1.165) is 5.56 Å². The molecule has 1 aliphatic heterocycles. The van der Waals surface area contributed by atoms with Crippen LogP contribution in [-0.2, 0) is 16.9 Å². The van der Waals surface area contributed by atoms with Crippen molar-refractivity contribution in [3.63, 3.8) is 0 Å². The largest absolute Gasteiger partial charge is 0.372 e. The van der Waals surface area contributed by atoms with Gasteiger partial charge in [-0.15, -0.1) is 0 Å². The molecule has 3 aromatic carbocycles. The van der Waals surface area contributed by atoms with Gasteiger partial charge < -0.3 is 10.0 Å². The first-order chi connectivity index (χ1) is 13.0. The smallest absolute Gasteiger partial charge is 0.268 e. The summed E-state index contributed by atoms with van der Waals surface area (Å²) >= 11 is 0. The van der Waals surface area contributed by atoms with E-state index < -0.39 is 17.3 Å². The molecular weight excluding hydrogens is 343 g/mol. The standard InChI is InChI=1S/C22H15FN2O2/c23-18-5-3-4-17(12-18)22(27)19-6-1-2-7-20(19)25(21(22)26)14-16-10-8-15(13-24)9-11-16/h1-12,27H,14H2/t22-/m1/s1. The van der Waals surface area contributed by atoms with Crippen LogP contribution in [0.1, 0.15) is 22.3 Å². The highest BCUT2D eigenvalue weighted by molar-refractivity contribution is 6.09. The normalized spacial score (nSPS) is 18.3. The molecule has 1 aliphatic rings. The molecule has 5 heteroatoms. The van der Waals surface area contributed by atoms with Crippen LogP contribution in [0.2, 0.25) is 0 Å². The molecule has 0 fully saturated rings. The van der Waals surface area contributed by atoms with Gasteiger partial charge in [0.2, 0.25) is 0 Å². The summed E-state index contributed by atoms with van der Waals surface area (Å²) in [5.74, 6) is -1.05. The Kier molecular flexibility index (Phi) is 3.98. The molecule has 0 bridgehead atoms. The number of anilines is 1. The SMILES string of the molecule is N#Cc1ccc(CN2C(=O)[C@@](O)(c3cccc(F)c3)c3ccccc32)cc1. The van der Waals surface area contributed by atoms with E-state index in [0.29, 0.717) is 16.8 Å². The van der Waals surface area contributed by atoms with E-state index in [-0.39, 0.29) is 12.1 Å². The maximum Gasteiger partial charge on any atom is 0.268 e. The topological polar surface area (TPSA) is 64.3 Å². The highest BCUT2D eigenvalue weighted by Gasteiger charge is 2.50. The molecule has 1 heterocycles. The third kappa shape index (κ3) is 2.67. The lowest BCUT2D eigenvalue weighted by Gasteiger charge is -2.24. The third-order valence-corrected chi connectivity index (χ3v) is 4.81. The van der Waals surface area contributed by atoms with Crippen LogP contribution in [0, 0.1) is 17.1 Å². The number of halogens is 1. The number of nitriles is 1. The van der Waals surface area contributed by atoms with Crippen molar-refractivity contribution in [3.05, 3.63) is 101 Å². The van der Waals surface area contributed by atoms with Crippen molar-refractivity contribution in [2.45, 2.75) is 12.1 Å². The van der Waals surface area contributed by atoms with Crippen molar-refractivity contribution in [1.29, 1.82) is 5.26 Å². The van der Waals surface area contributed by atoms with Gasteiger partial charge in [-0.05, 0) is 35.9 Å². The molecule has 0 aromatic heterocycles. The highest BCUT2D eigenvalue weighted by Crippen LogP contribution is 2.44. The predicted molar refractivity (Wildman–Crippen MR) is 98.2 cm³/mol. The Labute approximate surface area is 155 Å². The average Bonchev–Trinajstić information content (AvgIpc) is 2.92. The highest BCUT2D eigenvalue weighted by atomic mass is 19.1. The molecule has 1 amide bonds. The van der Waals surface area contributed by atoms with E-state index in [9.17, 15) is 14.3 Å². The summed E-state index contributed by atoms with van der Waals surface area (Å²) < 4.78 is 13.7. The number of carbonyl (C=O) groups is 1. The number of fused-ring (bicyclic) bond motifs is 1. The van der Waals surface area contributed by atoms with Crippen LogP contribution in [-0.4, -0.2) is 11.0 Å². The lowest BCUT2D eigenvalue weighted by atomic mass is 9.87. The van der Waals surface area contributed by atoms with E-state index in [1.165, 1.54) is 23.1 Å². The third-order valence-electron chi connectivity index (χ3n) is 4.81. The quantitative estimate of drug-likeness (QED) is 0.780. The Morgan fingerprint density at radius 1 is 1.04 bits per heavy atom. The van der Waals surface area contributed by atoms with Crippen LogP contribution in [0.25, 0.3) is 0 Å². The number of hydrogen-bond donors (Lipinski definition) is 1. The Morgan fingerprint density at radius 3 is 2.48 bits per heavy atom. The van der Waals surface area contributed by atoms with Gasteiger partial charge in [0.1, 0.15) is 5.82 Å². The van der Waals surface area contributed by atoms with Gasteiger partial charge >= 0.3 is 0 Å². The second-order valence-electron chi connectivity index (χ2n) is 6.44. The Morgan fingerprint density at radius 2 is 1.78 bits per heavy atom. The molecule has 0 saturated carbocycles. The molecule has 0 unspecified atom stereocenters. The summed E-state index contributed by atoms with van der Waals surface area (Å²) in [5, 5.41) is 20.3. The fraction of sp³-hybridized carbons (Fsp3) is 0.0909. The van der Waals surface area contributed by atoms with Crippen LogP contribution < -0.4 is 4.90 Å². The monoisotopic (exact) mass is 358 g/mol. The zero-order valence-corrected chi connectivity index (χ0v) is 14.3. The maximum atomic E-state index is 13.7. The molecule has 4 rings (SSSR count). The van der Waals surface area contributed by atoms with Crippen molar-refractivity contribution in [3.8, 4) is 6.07 Å². The summed E-state index contributed by atoms with van der Waals surface area (Å²) in [6, 6.07) is 21.4. The van der Waals surface area contributed by atoms with Gasteiger partial charge in [0.15, 0.2) is 5.60 Å². The number of benzene rings is 3. The van der Waals surface area contributed by atoms with E-state index in [4.69, 9.17) is 5.26 Å². The first kappa shape index (κ1) is 17.0. The lowest BCUT2D eigenvalue weighted by Crippen LogP contribution is -2.40. The summed E-state index contributed by atoms with van der Waals surface area (Å²) in [6.45, 7) is 0.235. The number of amides is 1. The van der Waals surface area contributed by atoms with Crippen LogP contribution in [0.4, 0.5) is 10.1 Å². The molecule has 0 saturated heterocycles. The number of rotatable bonds is 3. The summed E-state index contributed by atoms with van der Waals surface area (Å²) in [6.07, 6.45) is 0. The van der Waals surface area contributed by atoms with Crippen molar-refractivity contribution in [2.75, 3.05) is 4.90 Å². The van der Waals surface area contributed by atoms with Crippen molar-refractivity contribution in [1.82, 2.24) is 0 Å². The number of para-hydroxylation sites is 1. The van der Waals surface area contributed by atoms with Crippen LogP contribution in [0.15, 0.2) is 72.8 Å². The van der Waals surface area contributed by atoms with Crippen LogP contribution >= 0.6 is 0 Å². The van der Waals surface area contributed by atoms with E-state index in [1.54, 1.807) is 54.6 Å². The molecular formula is C22H15FN2O2. The molecule has 0 radical (unpaired) electrons. The molecule has 1 atom stereocenters. The maximum absolute atomic E-state index is 13.7. The lowest BCUT2D eigenvalue weighted by molar-refractivity contribution is -0.132. The fourth-order valence-corrected chi connectivity index (χ4v) is 3.45. The Balaban J connectivity index is 1.79. The molecule has 27 heavy (non-hydrogen) atoms. The van der Waals surface area contributed by atoms with Crippen molar-refractivity contribution >= 4 is 11.6 Å². The second kappa shape index (κ2) is 6.35. The zero-order valence-electron chi connectivity index (χ0n) is 14.3. The van der Waals surface area contributed by atoms with Gasteiger partial charge in [-0.25, -0.2) is 4.39 Å². The van der Waals surface area contributed by atoms with Crippen molar-refractivity contribution < 1.29 is 14.3 Å². The van der Waals surface area contributed by atoms with E-state index in [2.05, 4.69) is 6.07 Å². The number of aliphatic hydroxyl groups is 1. The minimum atomic E-state index is -1.94. The minimum Gasteiger partial charge on any atom is -0.372 e. The van der Waals surface area contributed by atoms with Crippen LogP contribution in [0.5, 0.6) is 0 Å². The van der Waals surface area contributed by atoms with Gasteiger partial charge in [0, 0.05) is 11.1 Å². The first-order valence-corrected chi connectivity index (χ1v) is 8.43. The predicted octanol–water partition coefficient (Wildman–Crippen LogP) is 3.48. The fourth-order valence-electron chi connectivity index (χ4n) is 3.45. The summed E-state index contributed by atoms with van der Waals surface area (Å²) in [4.78, 5) is 14.7. The van der Waals surface area contributed by atoms with E-state index in [1.807, 2.05) is 0 Å². The van der Waals surface area contributed by atoms with Gasteiger partial charge in [0.05, 0.1) is 23.9 Å². The van der Waals surface area contributed by atoms with Crippen LogP contribution in [0.3, 0.4) is 0 Å². The average molecular weight is 358 g/mol. The molecule has 0 spiro atoms. The van der Waals surface area contributed by atoms with Gasteiger partial charge in [-0.1, -0.05) is 42.5 Å². The van der Waals surface area contributed by atoms with Gasteiger partial charge in [-0.2, -0.15) is 5.26 Å². The minimum absolute atomic E-state index is 0.197. The van der Waals surface area contributed by atoms with Gasteiger partial charge in [-0.3, -0.25) is 4.79 Å². The van der Waals surface area contributed by atoms with Crippen molar-refractivity contribution in [2.24, 2.45) is 0 Å². The Hall–Kier alpha value is -3.49. The molecule has 3 aromatic rings. The number of nitrogens with zero attached hydrogens (tertiary/aromatic N) is 2. The van der Waals surface area contributed by atoms with E-state index >= 15 is 0 Å². The number of hydrogen-bond acceptors (Lipinski definition) is 3. The van der Waals surface area contributed by atoms with Gasteiger partial charge in [0.25, 0.3) is 5.91 Å². The molecule has 132 valence electrons. The Bertz CT molecular complexity index is 1070. The number of carbonyl (C=O) groups excluding carboxylic acids is 1. The zero-order chi connectivity index (χ0) is 19.0. The second-order valence-corrected chi connectivity index (χ2v) is 6.44. The molecule has 0 aliphatic carbocycles. The molecule has 4 nitrogen and oxygen atoms in total. The summed E-state index contributed by atoms with van der Waals surface area (Å²) in [5.41, 5.74) is 0.615. The molecule has 1 N–H and O–H groups in total.